The fourth-order valence-corrected chi connectivity index (χ4v) is 1.72. The molecule has 0 amide bonds. The molecular formula is C10H9ClO4. The molecule has 0 spiro atoms. The first-order valence-corrected chi connectivity index (χ1v) is 4.85. The molecule has 0 bridgehead atoms. The monoisotopic (exact) mass is 228 g/mol. The van der Waals surface area contributed by atoms with E-state index >= 15 is 0 Å². The lowest BCUT2D eigenvalue weighted by atomic mass is 10.1. The number of phenolic OH excluding ortho intramolecular Hbond substituents is 1. The van der Waals surface area contributed by atoms with Gasteiger partial charge in [0.2, 0.25) is 6.79 Å². The molecule has 1 N–H and O–H groups in total. The summed E-state index contributed by atoms with van der Waals surface area (Å²) in [5.41, 5.74) is 0.594. The van der Waals surface area contributed by atoms with Crippen LogP contribution >= 0.6 is 11.6 Å². The maximum atomic E-state index is 10.2. The zero-order chi connectivity index (χ0) is 10.8. The Hall–Kier alpha value is -1.42. The SMILES string of the molecule is O=CCCc1cc2c(c(Cl)c1O)OCO2. The van der Waals surface area contributed by atoms with Crippen molar-refractivity contribution in [1.82, 2.24) is 0 Å². The van der Waals surface area contributed by atoms with Crippen molar-refractivity contribution in [3.05, 3.63) is 16.7 Å². The van der Waals surface area contributed by atoms with Gasteiger partial charge in [0, 0.05) is 6.42 Å². The molecule has 0 unspecified atom stereocenters. The number of fused-ring (bicyclic) bond motifs is 1. The van der Waals surface area contributed by atoms with E-state index in [0.717, 1.165) is 6.29 Å². The molecule has 0 radical (unpaired) electrons. The third-order valence-electron chi connectivity index (χ3n) is 2.19. The van der Waals surface area contributed by atoms with E-state index in [0.29, 0.717) is 29.9 Å². The quantitative estimate of drug-likeness (QED) is 0.803. The highest BCUT2D eigenvalue weighted by atomic mass is 35.5. The van der Waals surface area contributed by atoms with Crippen molar-refractivity contribution in [1.29, 1.82) is 0 Å². The number of hydrogen-bond donors (Lipinski definition) is 1. The van der Waals surface area contributed by atoms with Crippen molar-refractivity contribution in [2.75, 3.05) is 6.79 Å². The largest absolute Gasteiger partial charge is 0.506 e. The summed E-state index contributed by atoms with van der Waals surface area (Å²) >= 11 is 5.88. The summed E-state index contributed by atoms with van der Waals surface area (Å²) in [4.78, 5) is 10.2. The third kappa shape index (κ3) is 1.72. The van der Waals surface area contributed by atoms with E-state index in [1.54, 1.807) is 6.07 Å². The highest BCUT2D eigenvalue weighted by molar-refractivity contribution is 6.34. The van der Waals surface area contributed by atoms with Crippen LogP contribution in [0.3, 0.4) is 0 Å². The molecule has 4 nitrogen and oxygen atoms in total. The first-order chi connectivity index (χ1) is 7.24. The number of hydrogen-bond acceptors (Lipinski definition) is 4. The Balaban J connectivity index is 2.39. The smallest absolute Gasteiger partial charge is 0.231 e. The molecular weight excluding hydrogens is 220 g/mol. The standard InChI is InChI=1S/C10H9ClO4/c11-8-9(13)6(2-1-3-12)4-7-10(8)15-5-14-7/h3-4,13H,1-2,5H2. The number of carbonyl (C=O) groups is 1. The van der Waals surface area contributed by atoms with Gasteiger partial charge in [-0.25, -0.2) is 0 Å². The van der Waals surface area contributed by atoms with Crippen LogP contribution in [0.1, 0.15) is 12.0 Å². The van der Waals surface area contributed by atoms with Gasteiger partial charge in [0.25, 0.3) is 0 Å². The Labute approximate surface area is 91.4 Å². The molecule has 0 aliphatic carbocycles. The molecule has 1 aromatic rings. The minimum atomic E-state index is -0.0391. The van der Waals surface area contributed by atoms with Crippen LogP contribution < -0.4 is 9.47 Å². The van der Waals surface area contributed by atoms with E-state index < -0.39 is 0 Å². The first-order valence-electron chi connectivity index (χ1n) is 4.47. The second-order valence-corrected chi connectivity index (χ2v) is 3.52. The van der Waals surface area contributed by atoms with Crippen molar-refractivity contribution in [2.45, 2.75) is 12.8 Å². The number of aryl methyl sites for hydroxylation is 1. The van der Waals surface area contributed by atoms with Crippen LogP contribution in [0.25, 0.3) is 0 Å². The van der Waals surface area contributed by atoms with Crippen molar-refractivity contribution in [2.24, 2.45) is 0 Å². The Bertz CT molecular complexity index is 403. The van der Waals surface area contributed by atoms with E-state index in [4.69, 9.17) is 21.1 Å². The fourth-order valence-electron chi connectivity index (χ4n) is 1.45. The zero-order valence-electron chi connectivity index (χ0n) is 7.83. The normalized spacial score (nSPS) is 12.9. The Kier molecular flexibility index (Phi) is 2.68. The number of aromatic hydroxyl groups is 1. The van der Waals surface area contributed by atoms with Crippen LogP contribution in [-0.2, 0) is 11.2 Å². The van der Waals surface area contributed by atoms with E-state index in [-0.39, 0.29) is 17.6 Å². The summed E-state index contributed by atoms with van der Waals surface area (Å²) in [5, 5.41) is 9.85. The predicted molar refractivity (Wildman–Crippen MR) is 53.6 cm³/mol. The van der Waals surface area contributed by atoms with Gasteiger partial charge in [0.1, 0.15) is 17.1 Å². The van der Waals surface area contributed by atoms with Gasteiger partial charge in [-0.15, -0.1) is 0 Å². The topological polar surface area (TPSA) is 55.8 Å². The number of carbonyl (C=O) groups excluding carboxylic acids is 1. The lowest BCUT2D eigenvalue weighted by molar-refractivity contribution is -0.107. The average molecular weight is 229 g/mol. The molecule has 1 heterocycles. The maximum Gasteiger partial charge on any atom is 0.231 e. The maximum absolute atomic E-state index is 10.2. The fraction of sp³-hybridized carbons (Fsp3) is 0.300. The van der Waals surface area contributed by atoms with Crippen molar-refractivity contribution in [3.8, 4) is 17.2 Å². The van der Waals surface area contributed by atoms with Crippen molar-refractivity contribution >= 4 is 17.9 Å². The van der Waals surface area contributed by atoms with Gasteiger partial charge in [0.05, 0.1) is 0 Å². The number of phenols is 1. The molecule has 0 saturated carbocycles. The van der Waals surface area contributed by atoms with Gasteiger partial charge in [0.15, 0.2) is 11.5 Å². The predicted octanol–water partition coefficient (Wildman–Crippen LogP) is 1.91. The van der Waals surface area contributed by atoms with Crippen LogP contribution in [0.5, 0.6) is 17.2 Å². The van der Waals surface area contributed by atoms with Gasteiger partial charge >= 0.3 is 0 Å². The van der Waals surface area contributed by atoms with Crippen molar-refractivity contribution < 1.29 is 19.4 Å². The van der Waals surface area contributed by atoms with E-state index in [1.165, 1.54) is 0 Å². The Morgan fingerprint density at radius 2 is 2.33 bits per heavy atom. The molecule has 80 valence electrons. The highest BCUT2D eigenvalue weighted by Gasteiger charge is 2.22. The van der Waals surface area contributed by atoms with Crippen LogP contribution in [0.4, 0.5) is 0 Å². The molecule has 5 heteroatoms. The van der Waals surface area contributed by atoms with E-state index in [1.807, 2.05) is 0 Å². The van der Waals surface area contributed by atoms with Gasteiger partial charge < -0.3 is 19.4 Å². The minimum absolute atomic E-state index is 0.0391. The summed E-state index contributed by atoms with van der Waals surface area (Å²) < 4.78 is 10.2. The highest BCUT2D eigenvalue weighted by Crippen LogP contribution is 2.46. The summed E-state index contributed by atoms with van der Waals surface area (Å²) in [6, 6.07) is 1.65. The number of halogens is 1. The van der Waals surface area contributed by atoms with Gasteiger partial charge in [-0.2, -0.15) is 0 Å². The van der Waals surface area contributed by atoms with Crippen LogP contribution in [0.2, 0.25) is 5.02 Å². The number of benzene rings is 1. The molecule has 15 heavy (non-hydrogen) atoms. The van der Waals surface area contributed by atoms with Gasteiger partial charge in [-0.05, 0) is 18.1 Å². The van der Waals surface area contributed by atoms with Crippen LogP contribution in [-0.4, -0.2) is 18.2 Å². The average Bonchev–Trinajstić information content (AvgIpc) is 2.69. The van der Waals surface area contributed by atoms with E-state index in [2.05, 4.69) is 0 Å². The molecule has 0 atom stereocenters. The Morgan fingerprint density at radius 3 is 3.07 bits per heavy atom. The van der Waals surface area contributed by atoms with Gasteiger partial charge in [-0.3, -0.25) is 0 Å². The lowest BCUT2D eigenvalue weighted by Gasteiger charge is -2.07. The van der Waals surface area contributed by atoms with E-state index in [9.17, 15) is 9.90 Å². The summed E-state index contributed by atoms with van der Waals surface area (Å²) in [7, 11) is 0. The van der Waals surface area contributed by atoms with Gasteiger partial charge in [-0.1, -0.05) is 11.6 Å². The molecule has 0 aromatic heterocycles. The summed E-state index contributed by atoms with van der Waals surface area (Å²) in [5.74, 6) is 0.838. The third-order valence-corrected chi connectivity index (χ3v) is 2.54. The second kappa shape index (κ2) is 3.98. The molecule has 1 aliphatic rings. The first kappa shape index (κ1) is 10.1. The van der Waals surface area contributed by atoms with Crippen molar-refractivity contribution in [3.63, 3.8) is 0 Å². The summed E-state index contributed by atoms with van der Waals surface area (Å²) in [6.07, 6.45) is 1.56. The van der Waals surface area contributed by atoms with Crippen LogP contribution in [0, 0.1) is 0 Å². The molecule has 2 rings (SSSR count). The number of rotatable bonds is 3. The molecule has 0 saturated heterocycles. The minimum Gasteiger partial charge on any atom is -0.506 e. The van der Waals surface area contributed by atoms with Crippen LogP contribution in [0.15, 0.2) is 6.07 Å². The number of aldehydes is 1. The molecule has 0 fully saturated rings. The zero-order valence-corrected chi connectivity index (χ0v) is 8.58. The Morgan fingerprint density at radius 1 is 1.53 bits per heavy atom. The molecule has 1 aromatic carbocycles. The summed E-state index contributed by atoms with van der Waals surface area (Å²) in [6.45, 7) is 0.103. The number of ether oxygens (including phenoxy) is 2. The molecule has 1 aliphatic heterocycles. The lowest BCUT2D eigenvalue weighted by Crippen LogP contribution is -1.93. The second-order valence-electron chi connectivity index (χ2n) is 3.14.